The van der Waals surface area contributed by atoms with Gasteiger partial charge in [-0.2, -0.15) is 5.10 Å². The molecule has 7 nitrogen and oxygen atoms in total. The van der Waals surface area contributed by atoms with E-state index in [0.29, 0.717) is 23.0 Å². The molecule has 0 radical (unpaired) electrons. The molecule has 1 fully saturated rings. The van der Waals surface area contributed by atoms with Gasteiger partial charge in [0, 0.05) is 44.4 Å². The fraction of sp³-hybridized carbons (Fsp3) is 0.423. The molecule has 5 rings (SSSR count). The smallest absolute Gasteiger partial charge is 0.259 e. The van der Waals surface area contributed by atoms with Gasteiger partial charge in [-0.05, 0) is 59.9 Å². The van der Waals surface area contributed by atoms with E-state index in [2.05, 4.69) is 58.5 Å². The molecule has 2 aromatic heterocycles. The number of hydrogen-bond donors (Lipinski definition) is 2. The van der Waals surface area contributed by atoms with Gasteiger partial charge in [0.1, 0.15) is 5.82 Å². The minimum absolute atomic E-state index is 0.101. The molecule has 3 aromatic rings. The van der Waals surface area contributed by atoms with E-state index in [1.807, 2.05) is 18.3 Å². The van der Waals surface area contributed by atoms with Crippen LogP contribution in [-0.4, -0.2) is 47.5 Å². The highest BCUT2D eigenvalue weighted by Crippen LogP contribution is 2.30. The van der Waals surface area contributed by atoms with Crippen LogP contribution in [0.15, 0.2) is 52.5 Å². The first-order chi connectivity index (χ1) is 16.1. The summed E-state index contributed by atoms with van der Waals surface area (Å²) >= 11 is 0. The van der Waals surface area contributed by atoms with E-state index in [1.165, 1.54) is 5.56 Å². The largest absolute Gasteiger partial charge is 0.381 e. The van der Waals surface area contributed by atoms with Gasteiger partial charge >= 0.3 is 0 Å². The van der Waals surface area contributed by atoms with Crippen LogP contribution in [0.1, 0.15) is 49.8 Å². The van der Waals surface area contributed by atoms with Crippen molar-refractivity contribution in [1.29, 1.82) is 0 Å². The number of benzene rings is 1. The highest BCUT2D eigenvalue weighted by Gasteiger charge is 2.23. The number of hydrazone groups is 1. The Balaban J connectivity index is 1.43. The monoisotopic (exact) mass is 445 g/mol. The second-order valence-electron chi connectivity index (χ2n) is 9.44. The highest BCUT2D eigenvalue weighted by atomic mass is 16.5. The Bertz CT molecular complexity index is 1200. The maximum absolute atomic E-state index is 12.7. The van der Waals surface area contributed by atoms with Gasteiger partial charge < -0.3 is 15.0 Å². The maximum atomic E-state index is 12.7. The molecule has 2 aliphatic heterocycles. The summed E-state index contributed by atoms with van der Waals surface area (Å²) in [7, 11) is 0. The Labute approximate surface area is 193 Å². The van der Waals surface area contributed by atoms with Gasteiger partial charge in [0.2, 0.25) is 0 Å². The fourth-order valence-electron chi connectivity index (χ4n) is 4.73. The highest BCUT2D eigenvalue weighted by molar-refractivity contribution is 5.93. The van der Waals surface area contributed by atoms with Gasteiger partial charge in [0.25, 0.3) is 5.56 Å². The number of pyridine rings is 2. The molecule has 1 aromatic carbocycles. The predicted octanol–water partition coefficient (Wildman–Crippen LogP) is 4.60. The molecule has 172 valence electrons. The molecule has 1 saturated heterocycles. The SMILES string of the molecule is CC(C)CN1CC(c2cc3cc[nH]c(=O)c3c(Nc3ccc(C4CCOCC4)cc3)n2)C=N1. The number of hydrogen-bond acceptors (Lipinski definition) is 6. The summed E-state index contributed by atoms with van der Waals surface area (Å²) in [6.45, 7) is 7.77. The lowest BCUT2D eigenvalue weighted by Gasteiger charge is -2.22. The molecular formula is C26H31N5O2. The van der Waals surface area contributed by atoms with Crippen molar-refractivity contribution < 1.29 is 4.74 Å². The average Bonchev–Trinajstić information content (AvgIpc) is 3.28. The van der Waals surface area contributed by atoms with E-state index >= 15 is 0 Å². The summed E-state index contributed by atoms with van der Waals surface area (Å²) in [5.41, 5.74) is 3.03. The van der Waals surface area contributed by atoms with Crippen molar-refractivity contribution in [3.05, 3.63) is 64.2 Å². The molecule has 0 saturated carbocycles. The van der Waals surface area contributed by atoms with Crippen LogP contribution in [0, 0.1) is 5.92 Å². The van der Waals surface area contributed by atoms with Crippen LogP contribution < -0.4 is 10.9 Å². The van der Waals surface area contributed by atoms with E-state index in [-0.39, 0.29) is 11.5 Å². The lowest BCUT2D eigenvalue weighted by atomic mass is 9.92. The molecule has 0 spiro atoms. The van der Waals surface area contributed by atoms with Crippen LogP contribution in [0.5, 0.6) is 0 Å². The second-order valence-corrected chi connectivity index (χ2v) is 9.44. The minimum Gasteiger partial charge on any atom is -0.381 e. The molecule has 0 amide bonds. The van der Waals surface area contributed by atoms with E-state index in [4.69, 9.17) is 9.72 Å². The molecule has 2 aliphatic rings. The van der Waals surface area contributed by atoms with Crippen molar-refractivity contribution in [1.82, 2.24) is 15.0 Å². The van der Waals surface area contributed by atoms with Crippen molar-refractivity contribution in [2.45, 2.75) is 38.5 Å². The summed E-state index contributed by atoms with van der Waals surface area (Å²) in [6.07, 6.45) is 5.78. The van der Waals surface area contributed by atoms with Crippen molar-refractivity contribution in [3.8, 4) is 0 Å². The number of fused-ring (bicyclic) bond motifs is 1. The molecule has 1 unspecified atom stereocenters. The van der Waals surface area contributed by atoms with Gasteiger partial charge in [0.05, 0.1) is 17.0 Å². The van der Waals surface area contributed by atoms with Crippen molar-refractivity contribution in [2.24, 2.45) is 11.0 Å². The number of ether oxygens (including phenoxy) is 1. The van der Waals surface area contributed by atoms with Crippen LogP contribution in [0.4, 0.5) is 11.5 Å². The van der Waals surface area contributed by atoms with Crippen LogP contribution in [0.2, 0.25) is 0 Å². The van der Waals surface area contributed by atoms with Crippen LogP contribution in [0.3, 0.4) is 0 Å². The maximum Gasteiger partial charge on any atom is 0.259 e. The fourth-order valence-corrected chi connectivity index (χ4v) is 4.73. The van der Waals surface area contributed by atoms with Crippen LogP contribution in [-0.2, 0) is 4.74 Å². The van der Waals surface area contributed by atoms with E-state index in [9.17, 15) is 4.79 Å². The van der Waals surface area contributed by atoms with Gasteiger partial charge in [-0.3, -0.25) is 9.80 Å². The summed E-state index contributed by atoms with van der Waals surface area (Å²) in [5, 5.41) is 11.5. The zero-order valence-corrected chi connectivity index (χ0v) is 19.3. The third kappa shape index (κ3) is 4.78. The average molecular weight is 446 g/mol. The quantitative estimate of drug-likeness (QED) is 0.579. The first kappa shape index (κ1) is 21.6. The minimum atomic E-state index is -0.144. The van der Waals surface area contributed by atoms with Crippen LogP contribution in [0.25, 0.3) is 10.8 Å². The summed E-state index contributed by atoms with van der Waals surface area (Å²) in [6, 6.07) is 12.4. The van der Waals surface area contributed by atoms with Crippen molar-refractivity contribution >= 4 is 28.5 Å². The zero-order valence-electron chi connectivity index (χ0n) is 19.3. The molecule has 33 heavy (non-hydrogen) atoms. The number of aromatic nitrogens is 2. The lowest BCUT2D eigenvalue weighted by Crippen LogP contribution is -2.22. The first-order valence-corrected chi connectivity index (χ1v) is 11.8. The summed E-state index contributed by atoms with van der Waals surface area (Å²) in [4.78, 5) is 20.4. The molecule has 0 bridgehead atoms. The van der Waals surface area contributed by atoms with Gasteiger partial charge in [-0.15, -0.1) is 0 Å². The Morgan fingerprint density at radius 3 is 2.73 bits per heavy atom. The van der Waals surface area contributed by atoms with Crippen molar-refractivity contribution in [3.63, 3.8) is 0 Å². The molecule has 7 heteroatoms. The van der Waals surface area contributed by atoms with Crippen LogP contribution >= 0.6 is 0 Å². The summed E-state index contributed by atoms with van der Waals surface area (Å²) in [5.74, 6) is 1.78. The molecule has 4 heterocycles. The number of anilines is 2. The van der Waals surface area contributed by atoms with Gasteiger partial charge in [0.15, 0.2) is 0 Å². The van der Waals surface area contributed by atoms with E-state index < -0.39 is 0 Å². The number of H-pyrrole nitrogens is 1. The molecular weight excluding hydrogens is 414 g/mol. The van der Waals surface area contributed by atoms with E-state index in [0.717, 1.165) is 55.9 Å². The lowest BCUT2D eigenvalue weighted by molar-refractivity contribution is 0.0853. The Morgan fingerprint density at radius 2 is 1.97 bits per heavy atom. The Kier molecular flexibility index (Phi) is 6.13. The summed E-state index contributed by atoms with van der Waals surface area (Å²) < 4.78 is 5.49. The third-order valence-corrected chi connectivity index (χ3v) is 6.41. The number of aromatic amines is 1. The van der Waals surface area contributed by atoms with E-state index in [1.54, 1.807) is 6.20 Å². The van der Waals surface area contributed by atoms with Gasteiger partial charge in [-0.25, -0.2) is 4.98 Å². The molecule has 0 aliphatic carbocycles. The number of rotatable bonds is 6. The Hall–Kier alpha value is -3.19. The van der Waals surface area contributed by atoms with Gasteiger partial charge in [-0.1, -0.05) is 26.0 Å². The second kappa shape index (κ2) is 9.35. The van der Waals surface area contributed by atoms with Crippen molar-refractivity contribution in [2.75, 3.05) is 31.6 Å². The third-order valence-electron chi connectivity index (χ3n) is 6.41. The first-order valence-electron chi connectivity index (χ1n) is 11.8. The standard InChI is InChI=1S/C26H31N5O2/c1-17(2)15-31-16-21(14-28-31)23-13-20-7-10-27-26(32)24(20)25(30-23)29-22-5-3-18(4-6-22)19-8-11-33-12-9-19/h3-7,10,13-14,17,19,21H,8-9,11-12,15-16H2,1-2H3,(H,27,32)(H,29,30). The predicted molar refractivity (Wildman–Crippen MR) is 133 cm³/mol. The molecule has 2 N–H and O–H groups in total. The Morgan fingerprint density at radius 1 is 1.18 bits per heavy atom. The number of nitrogens with zero attached hydrogens (tertiary/aromatic N) is 3. The number of nitrogens with one attached hydrogen (secondary N) is 2. The zero-order chi connectivity index (χ0) is 22.8. The molecule has 1 atom stereocenters. The topological polar surface area (TPSA) is 82.6 Å². The normalized spacial score (nSPS) is 19.0.